The van der Waals surface area contributed by atoms with Crippen LogP contribution >= 0.6 is 11.6 Å². The van der Waals surface area contributed by atoms with Gasteiger partial charge in [0.05, 0.1) is 5.69 Å². The molecule has 0 saturated carbocycles. The van der Waals surface area contributed by atoms with Crippen LogP contribution in [0.5, 0.6) is 5.75 Å². The first-order valence-corrected chi connectivity index (χ1v) is 5.77. The summed E-state index contributed by atoms with van der Waals surface area (Å²) < 4.78 is 7.45. The van der Waals surface area contributed by atoms with Gasteiger partial charge in [-0.25, -0.2) is 0 Å². The predicted octanol–water partition coefficient (Wildman–Crippen LogP) is 2.72. The second-order valence-corrected chi connectivity index (χ2v) is 4.06. The molecular weight excluding hydrogens is 238 g/mol. The van der Waals surface area contributed by atoms with E-state index in [0.29, 0.717) is 17.4 Å². The van der Waals surface area contributed by atoms with Gasteiger partial charge in [0.15, 0.2) is 0 Å². The van der Waals surface area contributed by atoms with Gasteiger partial charge in [0.2, 0.25) is 0 Å². The van der Waals surface area contributed by atoms with Crippen molar-refractivity contribution in [3.63, 3.8) is 0 Å². The van der Waals surface area contributed by atoms with Crippen molar-refractivity contribution in [3.05, 3.63) is 41.0 Å². The number of anilines is 1. The molecule has 0 atom stereocenters. The van der Waals surface area contributed by atoms with E-state index in [-0.39, 0.29) is 0 Å². The lowest BCUT2D eigenvalue weighted by Crippen LogP contribution is -2.06. The van der Waals surface area contributed by atoms with Crippen LogP contribution in [0.3, 0.4) is 0 Å². The maximum Gasteiger partial charge on any atom is 0.145 e. The highest BCUT2D eigenvalue weighted by Gasteiger charge is 2.05. The van der Waals surface area contributed by atoms with E-state index in [1.165, 1.54) is 0 Å². The van der Waals surface area contributed by atoms with Crippen LogP contribution in [-0.2, 0) is 13.2 Å². The van der Waals surface area contributed by atoms with Crippen molar-refractivity contribution < 1.29 is 4.74 Å². The van der Waals surface area contributed by atoms with Crippen molar-refractivity contribution in [3.8, 4) is 5.75 Å². The fourth-order valence-electron chi connectivity index (χ4n) is 1.58. The third-order valence-electron chi connectivity index (χ3n) is 2.36. The average molecular weight is 252 g/mol. The van der Waals surface area contributed by atoms with Gasteiger partial charge in [-0.05, 0) is 25.1 Å². The number of nitrogens with zero attached hydrogens (tertiary/aromatic N) is 2. The van der Waals surface area contributed by atoms with Crippen molar-refractivity contribution in [2.45, 2.75) is 20.1 Å². The van der Waals surface area contributed by atoms with Crippen molar-refractivity contribution in [1.29, 1.82) is 0 Å². The summed E-state index contributed by atoms with van der Waals surface area (Å²) in [5.41, 5.74) is 6.59. The van der Waals surface area contributed by atoms with E-state index in [4.69, 9.17) is 22.1 Å². The third-order valence-corrected chi connectivity index (χ3v) is 2.60. The molecule has 0 amide bonds. The average Bonchev–Trinajstić information content (AvgIpc) is 2.67. The summed E-state index contributed by atoms with van der Waals surface area (Å²) in [5, 5.41) is 4.81. The number of ether oxygens (including phenoxy) is 1. The highest BCUT2D eigenvalue weighted by atomic mass is 35.5. The molecule has 1 heterocycles. The molecule has 5 heteroatoms. The van der Waals surface area contributed by atoms with Crippen molar-refractivity contribution in [2.24, 2.45) is 0 Å². The monoisotopic (exact) mass is 251 g/mol. The maximum absolute atomic E-state index is 5.87. The molecule has 0 unspecified atom stereocenters. The largest absolute Gasteiger partial charge is 0.487 e. The first kappa shape index (κ1) is 11.8. The fraction of sp³-hybridized carbons (Fsp3) is 0.250. The summed E-state index contributed by atoms with van der Waals surface area (Å²) in [6, 6.07) is 9.11. The zero-order valence-corrected chi connectivity index (χ0v) is 10.3. The van der Waals surface area contributed by atoms with Gasteiger partial charge in [0, 0.05) is 17.6 Å². The van der Waals surface area contributed by atoms with Gasteiger partial charge in [0.25, 0.3) is 0 Å². The number of hydrogen-bond donors (Lipinski definition) is 1. The summed E-state index contributed by atoms with van der Waals surface area (Å²) in [7, 11) is 0. The van der Waals surface area contributed by atoms with Crippen LogP contribution in [0.1, 0.15) is 12.6 Å². The molecule has 0 fully saturated rings. The third kappa shape index (κ3) is 2.91. The number of rotatable bonds is 4. The van der Waals surface area contributed by atoms with E-state index in [2.05, 4.69) is 5.10 Å². The molecule has 90 valence electrons. The Kier molecular flexibility index (Phi) is 3.54. The summed E-state index contributed by atoms with van der Waals surface area (Å²) in [4.78, 5) is 0. The first-order valence-electron chi connectivity index (χ1n) is 5.39. The number of hydrogen-bond acceptors (Lipinski definition) is 3. The van der Waals surface area contributed by atoms with Gasteiger partial charge in [-0.3, -0.25) is 4.68 Å². The number of nitrogen functional groups attached to an aromatic ring is 1. The Balaban J connectivity index is 2.06. The second-order valence-electron chi connectivity index (χ2n) is 3.62. The number of benzene rings is 1. The second kappa shape index (κ2) is 5.10. The minimum Gasteiger partial charge on any atom is -0.487 e. The summed E-state index contributed by atoms with van der Waals surface area (Å²) in [5.74, 6) is 1.25. The van der Waals surface area contributed by atoms with Crippen LogP contribution in [0.2, 0.25) is 5.02 Å². The Hall–Kier alpha value is -1.68. The molecule has 0 saturated heterocycles. The van der Waals surface area contributed by atoms with Crippen molar-refractivity contribution >= 4 is 17.4 Å². The van der Waals surface area contributed by atoms with Gasteiger partial charge in [-0.1, -0.05) is 17.7 Å². The molecule has 0 aliphatic rings. The molecular formula is C12H14ClN3O. The zero-order chi connectivity index (χ0) is 12.3. The van der Waals surface area contributed by atoms with Crippen LogP contribution in [0.4, 0.5) is 5.82 Å². The number of halogens is 1. The molecule has 0 bridgehead atoms. The molecule has 1 aromatic heterocycles. The molecule has 17 heavy (non-hydrogen) atoms. The molecule has 0 aliphatic carbocycles. The molecule has 2 aromatic rings. The normalized spacial score (nSPS) is 10.5. The van der Waals surface area contributed by atoms with Crippen molar-refractivity contribution in [1.82, 2.24) is 9.78 Å². The fourth-order valence-corrected chi connectivity index (χ4v) is 1.76. The topological polar surface area (TPSA) is 53.1 Å². The minimum atomic E-state index is 0.429. The predicted molar refractivity (Wildman–Crippen MR) is 68.1 cm³/mol. The molecule has 2 rings (SSSR count). The first-order chi connectivity index (χ1) is 8.19. The Morgan fingerprint density at radius 1 is 1.41 bits per heavy atom. The molecule has 4 nitrogen and oxygen atoms in total. The lowest BCUT2D eigenvalue weighted by Gasteiger charge is -2.07. The van der Waals surface area contributed by atoms with E-state index in [1.54, 1.807) is 6.07 Å². The van der Waals surface area contributed by atoms with Gasteiger partial charge in [-0.15, -0.1) is 0 Å². The molecule has 2 N–H and O–H groups in total. The minimum absolute atomic E-state index is 0.429. The Morgan fingerprint density at radius 3 is 2.94 bits per heavy atom. The Morgan fingerprint density at radius 2 is 2.24 bits per heavy atom. The number of nitrogens with two attached hydrogens (primary N) is 1. The molecule has 0 spiro atoms. The van der Waals surface area contributed by atoms with Crippen LogP contribution in [0.25, 0.3) is 0 Å². The van der Waals surface area contributed by atoms with E-state index in [0.717, 1.165) is 18.0 Å². The standard InChI is InChI=1S/C12H14ClN3O/c1-2-16-10(7-12(14)15-16)8-17-11-5-3-4-9(13)6-11/h3-7H,2,8H2,1H3,(H2,14,15). The van der Waals surface area contributed by atoms with E-state index < -0.39 is 0 Å². The van der Waals surface area contributed by atoms with Crippen LogP contribution in [0.15, 0.2) is 30.3 Å². The molecule has 0 aliphatic heterocycles. The number of aromatic nitrogens is 2. The number of aryl methyl sites for hydroxylation is 1. The quantitative estimate of drug-likeness (QED) is 0.909. The lowest BCUT2D eigenvalue weighted by molar-refractivity contribution is 0.292. The van der Waals surface area contributed by atoms with Gasteiger partial charge in [-0.2, -0.15) is 5.10 Å². The highest BCUT2D eigenvalue weighted by molar-refractivity contribution is 6.30. The smallest absolute Gasteiger partial charge is 0.145 e. The summed E-state index contributed by atoms with van der Waals surface area (Å²) >= 11 is 5.87. The van der Waals surface area contributed by atoms with Gasteiger partial charge in [0.1, 0.15) is 18.2 Å². The van der Waals surface area contributed by atoms with E-state index >= 15 is 0 Å². The summed E-state index contributed by atoms with van der Waals surface area (Å²) in [6.45, 7) is 3.21. The molecule has 0 radical (unpaired) electrons. The maximum atomic E-state index is 5.87. The van der Waals surface area contributed by atoms with Gasteiger partial charge >= 0.3 is 0 Å². The lowest BCUT2D eigenvalue weighted by atomic mass is 10.3. The highest BCUT2D eigenvalue weighted by Crippen LogP contribution is 2.18. The van der Waals surface area contributed by atoms with Crippen molar-refractivity contribution in [2.75, 3.05) is 5.73 Å². The molecule has 1 aromatic carbocycles. The Labute approximate surface area is 105 Å². The zero-order valence-electron chi connectivity index (χ0n) is 9.56. The van der Waals surface area contributed by atoms with E-state index in [1.807, 2.05) is 35.9 Å². The van der Waals surface area contributed by atoms with Crippen LogP contribution < -0.4 is 10.5 Å². The summed E-state index contributed by atoms with van der Waals surface area (Å²) in [6.07, 6.45) is 0. The van der Waals surface area contributed by atoms with Crippen LogP contribution in [0, 0.1) is 0 Å². The Bertz CT molecular complexity index is 510. The van der Waals surface area contributed by atoms with E-state index in [9.17, 15) is 0 Å². The SMILES string of the molecule is CCn1nc(N)cc1COc1cccc(Cl)c1. The van der Waals surface area contributed by atoms with Crippen LogP contribution in [-0.4, -0.2) is 9.78 Å². The van der Waals surface area contributed by atoms with Gasteiger partial charge < -0.3 is 10.5 Å².